The Morgan fingerprint density at radius 3 is 2.38 bits per heavy atom. The zero-order chi connectivity index (χ0) is 25.4. The quantitative estimate of drug-likeness (QED) is 0.167. The molecule has 5 aromatic carbocycles. The molecule has 0 unspecified atom stereocenters. The van der Waals surface area contributed by atoms with E-state index < -0.39 is 0 Å². The molecule has 3 heterocycles. The molecule has 0 spiro atoms. The average molecular weight is 678 g/mol. The molecule has 0 saturated heterocycles. The third kappa shape index (κ3) is 3.40. The van der Waals surface area contributed by atoms with E-state index in [4.69, 9.17) is 4.98 Å². The van der Waals surface area contributed by atoms with E-state index in [1.165, 1.54) is 55.1 Å². The van der Waals surface area contributed by atoms with Crippen LogP contribution >= 0.6 is 0 Å². The van der Waals surface area contributed by atoms with Crippen molar-refractivity contribution < 1.29 is 20.1 Å². The minimum absolute atomic E-state index is 0. The maximum atomic E-state index is 4.73. The first kappa shape index (κ1) is 24.0. The second kappa shape index (κ2) is 8.74. The third-order valence-corrected chi connectivity index (χ3v) is 8.34. The van der Waals surface area contributed by atoms with Crippen LogP contribution in [0.3, 0.4) is 0 Å². The summed E-state index contributed by atoms with van der Waals surface area (Å²) in [6.45, 7) is 4.69. The number of rotatable bonds is 2. The normalized spacial score (nSPS) is 13.4. The molecule has 2 nitrogen and oxygen atoms in total. The monoisotopic (exact) mass is 678 g/mol. The smallest absolute Gasteiger partial charge is 0.0582 e. The Kier molecular flexibility index (Phi) is 5.39. The first-order valence-corrected chi connectivity index (χ1v) is 13.1. The van der Waals surface area contributed by atoms with Crippen LogP contribution in [0.1, 0.15) is 25.0 Å². The summed E-state index contributed by atoms with van der Waals surface area (Å²) in [6, 6.07) is 42.8. The van der Waals surface area contributed by atoms with Gasteiger partial charge in [-0.2, -0.15) is 0 Å². The molecule has 0 atom stereocenters. The summed E-state index contributed by atoms with van der Waals surface area (Å²) in [5, 5.41) is 4.93. The molecular weight excluding hydrogens is 653 g/mol. The Morgan fingerprint density at radius 2 is 1.46 bits per heavy atom. The van der Waals surface area contributed by atoms with Gasteiger partial charge in [0, 0.05) is 42.5 Å². The van der Waals surface area contributed by atoms with Gasteiger partial charge >= 0.3 is 0 Å². The Bertz CT molecular complexity index is 2060. The van der Waals surface area contributed by atoms with Crippen molar-refractivity contribution >= 4 is 32.6 Å². The first-order valence-electron chi connectivity index (χ1n) is 13.1. The fraction of sp³-hybridized carbons (Fsp3) is 0.0833. The number of aromatic nitrogens is 2. The van der Waals surface area contributed by atoms with Gasteiger partial charge in [-0.1, -0.05) is 80.6 Å². The predicted molar refractivity (Wildman–Crippen MR) is 158 cm³/mol. The van der Waals surface area contributed by atoms with Gasteiger partial charge in [0.05, 0.1) is 16.7 Å². The van der Waals surface area contributed by atoms with Crippen LogP contribution < -0.4 is 0 Å². The van der Waals surface area contributed by atoms with Gasteiger partial charge in [0.15, 0.2) is 0 Å². The topological polar surface area (TPSA) is 17.8 Å². The molecule has 2 aromatic heterocycles. The molecule has 0 amide bonds. The standard InChI is InChI=1S/C36H25N2.Ir/c1-36(2)30-14-5-6-16-33(30)38-32-18-17-25(22-29(32)28-13-8-15-31(36)35(28)38)24-10-7-11-26(21-24)34-27-12-4-3-9-23(27)19-20-37-34;/h3-10,12-22H,1-2H3;/q-1;. The van der Waals surface area contributed by atoms with Gasteiger partial charge in [-0.15, -0.1) is 35.4 Å². The van der Waals surface area contributed by atoms with E-state index >= 15 is 0 Å². The van der Waals surface area contributed by atoms with E-state index in [1.54, 1.807) is 0 Å². The van der Waals surface area contributed by atoms with Crippen LogP contribution in [0.15, 0.2) is 115 Å². The Hall–Kier alpha value is -4.04. The van der Waals surface area contributed by atoms with E-state index in [2.05, 4.69) is 128 Å². The summed E-state index contributed by atoms with van der Waals surface area (Å²) in [4.78, 5) is 4.73. The van der Waals surface area contributed by atoms with Crippen molar-refractivity contribution in [1.82, 2.24) is 9.55 Å². The van der Waals surface area contributed by atoms with E-state index in [0.29, 0.717) is 0 Å². The van der Waals surface area contributed by atoms with Crippen molar-refractivity contribution in [2.75, 3.05) is 0 Å². The zero-order valence-electron chi connectivity index (χ0n) is 21.7. The zero-order valence-corrected chi connectivity index (χ0v) is 24.1. The molecular formula is C36H25IrN2-. The minimum Gasteiger partial charge on any atom is -0.309 e. The Morgan fingerprint density at radius 1 is 0.692 bits per heavy atom. The number of hydrogen-bond acceptors (Lipinski definition) is 1. The van der Waals surface area contributed by atoms with Crippen molar-refractivity contribution in [2.45, 2.75) is 19.3 Å². The Balaban J connectivity index is 0.00000253. The van der Waals surface area contributed by atoms with Gasteiger partial charge in [0.1, 0.15) is 0 Å². The van der Waals surface area contributed by atoms with Crippen LogP contribution in [0.5, 0.6) is 0 Å². The number of pyridine rings is 1. The minimum atomic E-state index is -0.0566. The van der Waals surface area contributed by atoms with Gasteiger partial charge in [-0.05, 0) is 57.4 Å². The fourth-order valence-corrected chi connectivity index (χ4v) is 6.46. The van der Waals surface area contributed by atoms with Gasteiger partial charge in [-0.25, -0.2) is 0 Å². The molecule has 8 rings (SSSR count). The predicted octanol–water partition coefficient (Wildman–Crippen LogP) is 9.10. The van der Waals surface area contributed by atoms with Crippen LogP contribution in [-0.2, 0) is 25.5 Å². The van der Waals surface area contributed by atoms with Crippen molar-refractivity contribution in [1.29, 1.82) is 0 Å². The van der Waals surface area contributed by atoms with Gasteiger partial charge < -0.3 is 9.55 Å². The molecule has 0 bridgehead atoms. The molecule has 0 saturated carbocycles. The van der Waals surface area contributed by atoms with E-state index in [1.807, 2.05) is 12.3 Å². The average Bonchev–Trinajstić information content (AvgIpc) is 3.30. The van der Waals surface area contributed by atoms with Crippen LogP contribution in [-0.4, -0.2) is 9.55 Å². The molecule has 1 aliphatic heterocycles. The van der Waals surface area contributed by atoms with E-state index in [0.717, 1.165) is 16.6 Å². The molecule has 7 aromatic rings. The number of para-hydroxylation sites is 2. The SMILES string of the molecule is CC1(C)c2ccccc2-n2c3ccc(-c4cc[c-]c(-c5nccc6ccccc56)c4)cc3c3cccc1c32.[Ir]. The molecule has 0 N–H and O–H groups in total. The maximum absolute atomic E-state index is 4.73. The number of hydrogen-bond donors (Lipinski definition) is 0. The van der Waals surface area contributed by atoms with E-state index in [9.17, 15) is 0 Å². The molecule has 39 heavy (non-hydrogen) atoms. The number of benzene rings is 5. The first-order chi connectivity index (χ1) is 18.6. The molecule has 3 heteroatoms. The summed E-state index contributed by atoms with van der Waals surface area (Å²) in [6.07, 6.45) is 1.89. The van der Waals surface area contributed by atoms with Crippen molar-refractivity contribution in [3.8, 4) is 28.1 Å². The van der Waals surface area contributed by atoms with Crippen LogP contribution in [0.25, 0.3) is 60.6 Å². The Labute approximate surface area is 241 Å². The summed E-state index contributed by atoms with van der Waals surface area (Å²) < 4.78 is 2.47. The summed E-state index contributed by atoms with van der Waals surface area (Å²) in [5.41, 5.74) is 10.9. The van der Waals surface area contributed by atoms with Gasteiger partial charge in [0.2, 0.25) is 0 Å². The molecule has 189 valence electrons. The summed E-state index contributed by atoms with van der Waals surface area (Å²) in [5.74, 6) is 0. The molecule has 0 fully saturated rings. The summed E-state index contributed by atoms with van der Waals surface area (Å²) >= 11 is 0. The largest absolute Gasteiger partial charge is 0.309 e. The molecule has 0 aliphatic carbocycles. The van der Waals surface area contributed by atoms with E-state index in [-0.39, 0.29) is 25.5 Å². The third-order valence-electron chi connectivity index (χ3n) is 8.34. The van der Waals surface area contributed by atoms with Crippen molar-refractivity contribution in [3.05, 3.63) is 133 Å². The fourth-order valence-electron chi connectivity index (χ4n) is 6.46. The second-order valence-electron chi connectivity index (χ2n) is 10.8. The molecule has 1 aliphatic rings. The van der Waals surface area contributed by atoms with Crippen LogP contribution in [0.4, 0.5) is 0 Å². The van der Waals surface area contributed by atoms with Crippen LogP contribution in [0.2, 0.25) is 0 Å². The van der Waals surface area contributed by atoms with Crippen LogP contribution in [0, 0.1) is 6.07 Å². The number of nitrogens with zero attached hydrogens (tertiary/aromatic N) is 2. The van der Waals surface area contributed by atoms with Gasteiger partial charge in [0.25, 0.3) is 0 Å². The maximum Gasteiger partial charge on any atom is 0.0582 e. The van der Waals surface area contributed by atoms with Crippen molar-refractivity contribution in [3.63, 3.8) is 0 Å². The summed E-state index contributed by atoms with van der Waals surface area (Å²) in [7, 11) is 0. The second-order valence-corrected chi connectivity index (χ2v) is 10.8. The van der Waals surface area contributed by atoms with Crippen molar-refractivity contribution in [2.24, 2.45) is 0 Å². The number of fused-ring (bicyclic) bond motifs is 6. The molecule has 1 radical (unpaired) electrons. The van der Waals surface area contributed by atoms with Gasteiger partial charge in [-0.3, -0.25) is 0 Å².